The number of nitrogens with one attached hydrogen (secondary N) is 1. The lowest BCUT2D eigenvalue weighted by atomic mass is 9.84. The lowest BCUT2D eigenvalue weighted by molar-refractivity contribution is 0.162. The van der Waals surface area contributed by atoms with Crippen molar-refractivity contribution in [3.8, 4) is 40.0 Å². The Hall–Kier alpha value is -3.53. The van der Waals surface area contributed by atoms with E-state index in [9.17, 15) is 5.11 Å². The van der Waals surface area contributed by atoms with E-state index in [2.05, 4.69) is 56.5 Å². The molecule has 0 aliphatic carbocycles. The molecule has 2 fully saturated rings. The standard InChI is InChI=1S/C25H29N7O3/c1-24-6-7-25(2,31-24)13-16(12-24)32(3)21-14-26-22(29-28-21)17-5-4-15(10-19(17)33)18-11-20-23(30-27-18)35-9-8-34-20/h4-5,10-11,14,16,31,33H,6-9,12-13H2,1-3H3/t16-,24-,25+. The van der Waals surface area contributed by atoms with Gasteiger partial charge in [0.05, 0.1) is 17.5 Å². The second kappa shape index (κ2) is 8.01. The van der Waals surface area contributed by atoms with Gasteiger partial charge < -0.3 is 24.8 Å². The predicted octanol–water partition coefficient (Wildman–Crippen LogP) is 2.97. The molecule has 35 heavy (non-hydrogen) atoms. The van der Waals surface area contributed by atoms with Crippen molar-refractivity contribution >= 4 is 5.82 Å². The minimum absolute atomic E-state index is 0.0397. The highest BCUT2D eigenvalue weighted by Gasteiger charge is 2.49. The normalized spacial score (nSPS) is 27.0. The molecule has 2 bridgehead atoms. The van der Waals surface area contributed by atoms with Gasteiger partial charge in [0.15, 0.2) is 17.4 Å². The quantitative estimate of drug-likeness (QED) is 0.583. The van der Waals surface area contributed by atoms with Crippen molar-refractivity contribution in [2.24, 2.45) is 0 Å². The molecule has 3 aliphatic rings. The van der Waals surface area contributed by atoms with Gasteiger partial charge in [-0.3, -0.25) is 0 Å². The van der Waals surface area contributed by atoms with Crippen molar-refractivity contribution in [3.63, 3.8) is 0 Å². The van der Waals surface area contributed by atoms with Crippen molar-refractivity contribution in [2.75, 3.05) is 25.2 Å². The average Bonchev–Trinajstić information content (AvgIpc) is 3.09. The molecule has 10 heteroatoms. The maximum Gasteiger partial charge on any atom is 0.276 e. The molecule has 0 unspecified atom stereocenters. The molecular weight excluding hydrogens is 446 g/mol. The number of piperidine rings is 1. The fraction of sp³-hybridized carbons (Fsp3) is 0.480. The minimum Gasteiger partial charge on any atom is -0.507 e. The molecule has 2 saturated heterocycles. The van der Waals surface area contributed by atoms with Crippen LogP contribution in [0.1, 0.15) is 39.5 Å². The van der Waals surface area contributed by atoms with Crippen LogP contribution in [-0.2, 0) is 0 Å². The Bertz CT molecular complexity index is 1250. The summed E-state index contributed by atoms with van der Waals surface area (Å²) in [5.74, 6) is 2.06. The highest BCUT2D eigenvalue weighted by Crippen LogP contribution is 2.43. The Balaban J connectivity index is 1.21. The number of phenolic OH excluding ortho intramolecular Hbond substituents is 1. The van der Waals surface area contributed by atoms with Crippen molar-refractivity contribution in [1.29, 1.82) is 0 Å². The van der Waals surface area contributed by atoms with Crippen LogP contribution in [0.3, 0.4) is 0 Å². The molecule has 0 radical (unpaired) electrons. The number of hydrogen-bond acceptors (Lipinski definition) is 10. The summed E-state index contributed by atoms with van der Waals surface area (Å²) in [6.45, 7) is 5.55. The number of fused-ring (bicyclic) bond motifs is 3. The number of rotatable bonds is 4. The van der Waals surface area contributed by atoms with Crippen LogP contribution < -0.4 is 19.7 Å². The summed E-state index contributed by atoms with van der Waals surface area (Å²) in [6, 6.07) is 7.34. The summed E-state index contributed by atoms with van der Waals surface area (Å²) >= 11 is 0. The Morgan fingerprint density at radius 2 is 1.77 bits per heavy atom. The number of aromatic nitrogens is 5. The second-order valence-corrected chi connectivity index (χ2v) is 10.4. The number of aromatic hydroxyl groups is 1. The number of phenols is 1. The van der Waals surface area contributed by atoms with Crippen LogP contribution >= 0.6 is 0 Å². The van der Waals surface area contributed by atoms with E-state index in [1.807, 2.05) is 6.07 Å². The lowest BCUT2D eigenvalue weighted by Gasteiger charge is -2.45. The summed E-state index contributed by atoms with van der Waals surface area (Å²) in [5, 5.41) is 31.6. The molecule has 3 aromatic rings. The first kappa shape index (κ1) is 22.0. The fourth-order valence-electron chi connectivity index (χ4n) is 5.72. The van der Waals surface area contributed by atoms with Gasteiger partial charge in [-0.05, 0) is 51.7 Å². The zero-order valence-corrected chi connectivity index (χ0v) is 20.2. The van der Waals surface area contributed by atoms with E-state index >= 15 is 0 Å². The van der Waals surface area contributed by atoms with Gasteiger partial charge in [0.2, 0.25) is 0 Å². The van der Waals surface area contributed by atoms with Gasteiger partial charge in [0, 0.05) is 35.8 Å². The van der Waals surface area contributed by atoms with Crippen LogP contribution in [0, 0.1) is 0 Å². The summed E-state index contributed by atoms with van der Waals surface area (Å²) < 4.78 is 11.0. The molecule has 1 aromatic carbocycles. The first-order valence-corrected chi connectivity index (χ1v) is 12.0. The van der Waals surface area contributed by atoms with Gasteiger partial charge >= 0.3 is 0 Å². The minimum atomic E-state index is 0.0397. The van der Waals surface area contributed by atoms with Crippen LogP contribution in [0.2, 0.25) is 0 Å². The van der Waals surface area contributed by atoms with E-state index in [4.69, 9.17) is 9.47 Å². The summed E-state index contributed by atoms with van der Waals surface area (Å²) in [7, 11) is 2.06. The SMILES string of the molecule is CN(c1cnc(-c2ccc(-c3cc4c(nn3)OCCO4)cc2O)nn1)[C@H]1C[C@]2(C)CC[C@](C)(C1)N2. The van der Waals surface area contributed by atoms with Crippen molar-refractivity contribution in [3.05, 3.63) is 30.5 Å². The van der Waals surface area contributed by atoms with E-state index < -0.39 is 0 Å². The van der Waals surface area contributed by atoms with E-state index in [0.717, 1.165) is 18.7 Å². The molecule has 3 atom stereocenters. The number of nitrogens with zero attached hydrogens (tertiary/aromatic N) is 6. The van der Waals surface area contributed by atoms with E-state index in [0.29, 0.717) is 53.5 Å². The highest BCUT2D eigenvalue weighted by molar-refractivity contribution is 5.72. The van der Waals surface area contributed by atoms with Crippen molar-refractivity contribution in [1.82, 2.24) is 30.7 Å². The summed E-state index contributed by atoms with van der Waals surface area (Å²) in [4.78, 5) is 6.71. The van der Waals surface area contributed by atoms with Gasteiger partial charge in [-0.15, -0.1) is 20.4 Å². The van der Waals surface area contributed by atoms with Crippen LogP contribution in [0.15, 0.2) is 30.5 Å². The first-order valence-electron chi connectivity index (χ1n) is 12.0. The zero-order chi connectivity index (χ0) is 24.2. The Morgan fingerprint density at radius 1 is 1.00 bits per heavy atom. The Labute approximate surface area is 203 Å². The first-order chi connectivity index (χ1) is 16.8. The number of anilines is 1. The van der Waals surface area contributed by atoms with Gasteiger partial charge in [-0.2, -0.15) is 0 Å². The highest BCUT2D eigenvalue weighted by atomic mass is 16.6. The molecule has 0 saturated carbocycles. The molecule has 5 heterocycles. The monoisotopic (exact) mass is 475 g/mol. The van der Waals surface area contributed by atoms with Gasteiger partial charge in [0.25, 0.3) is 5.88 Å². The molecular formula is C25H29N7O3. The molecule has 3 aliphatic heterocycles. The van der Waals surface area contributed by atoms with E-state index in [-0.39, 0.29) is 16.8 Å². The van der Waals surface area contributed by atoms with E-state index in [1.54, 1.807) is 24.4 Å². The number of benzene rings is 1. The lowest BCUT2D eigenvalue weighted by Crippen LogP contribution is -2.58. The van der Waals surface area contributed by atoms with Crippen LogP contribution in [0.5, 0.6) is 17.4 Å². The molecule has 0 spiro atoms. The largest absolute Gasteiger partial charge is 0.507 e. The molecule has 2 aromatic heterocycles. The third kappa shape index (κ3) is 4.01. The smallest absolute Gasteiger partial charge is 0.276 e. The van der Waals surface area contributed by atoms with Crippen LogP contribution in [0.4, 0.5) is 5.82 Å². The average molecular weight is 476 g/mol. The van der Waals surface area contributed by atoms with E-state index in [1.165, 1.54) is 12.8 Å². The van der Waals surface area contributed by atoms with Gasteiger partial charge in [-0.1, -0.05) is 6.07 Å². The third-order valence-corrected chi connectivity index (χ3v) is 7.50. The second-order valence-electron chi connectivity index (χ2n) is 10.4. The maximum atomic E-state index is 10.7. The van der Waals surface area contributed by atoms with Gasteiger partial charge in [-0.25, -0.2) is 4.98 Å². The molecule has 182 valence electrons. The summed E-state index contributed by atoms with van der Waals surface area (Å²) in [6.07, 6.45) is 6.26. The van der Waals surface area contributed by atoms with Crippen molar-refractivity contribution in [2.45, 2.75) is 56.7 Å². The summed E-state index contributed by atoms with van der Waals surface area (Å²) in [5.41, 5.74) is 2.11. The zero-order valence-electron chi connectivity index (χ0n) is 20.2. The van der Waals surface area contributed by atoms with Crippen LogP contribution in [-0.4, -0.2) is 67.9 Å². The molecule has 0 amide bonds. The number of hydrogen-bond donors (Lipinski definition) is 2. The predicted molar refractivity (Wildman–Crippen MR) is 130 cm³/mol. The third-order valence-electron chi connectivity index (χ3n) is 7.50. The molecule has 6 rings (SSSR count). The Morgan fingerprint density at radius 3 is 2.49 bits per heavy atom. The Kier molecular flexibility index (Phi) is 5.03. The topological polar surface area (TPSA) is 118 Å². The molecule has 2 N–H and O–H groups in total. The molecule has 10 nitrogen and oxygen atoms in total. The number of ether oxygens (including phenoxy) is 2. The van der Waals surface area contributed by atoms with Gasteiger partial charge in [0.1, 0.15) is 19.0 Å². The van der Waals surface area contributed by atoms with Crippen LogP contribution in [0.25, 0.3) is 22.6 Å². The fourth-order valence-corrected chi connectivity index (χ4v) is 5.72. The maximum absolute atomic E-state index is 10.7. The van der Waals surface area contributed by atoms with Crippen molar-refractivity contribution < 1.29 is 14.6 Å².